The molecule has 0 aliphatic carbocycles. The van der Waals surface area contributed by atoms with E-state index in [0.717, 1.165) is 10.9 Å². The molecule has 8 heteroatoms. The van der Waals surface area contributed by atoms with E-state index in [9.17, 15) is 22.7 Å². The largest absolute Gasteiger partial charge is 0.423 e. The molecule has 1 aliphatic rings. The number of hydrogen-bond donors (Lipinski definition) is 2. The van der Waals surface area contributed by atoms with Crippen LogP contribution in [0.3, 0.4) is 0 Å². The fourth-order valence-corrected chi connectivity index (χ4v) is 5.58. The number of hydrogen-bond acceptors (Lipinski definition) is 3. The van der Waals surface area contributed by atoms with E-state index in [4.69, 9.17) is 5.73 Å². The third kappa shape index (κ3) is 4.20. The van der Waals surface area contributed by atoms with Gasteiger partial charge < -0.3 is 15.4 Å². The van der Waals surface area contributed by atoms with Crippen molar-refractivity contribution >= 4 is 17.1 Å². The van der Waals surface area contributed by atoms with Crippen LogP contribution in [0, 0.1) is 5.82 Å². The maximum absolute atomic E-state index is 14.9. The summed E-state index contributed by atoms with van der Waals surface area (Å²) in [5, 5.41) is 12.3. The number of para-hydroxylation sites is 1. The molecule has 1 aliphatic heterocycles. The summed E-state index contributed by atoms with van der Waals surface area (Å²) in [5.74, 6) is -0.387. The highest BCUT2D eigenvalue weighted by atomic mass is 19.4. The van der Waals surface area contributed by atoms with Crippen LogP contribution in [0.15, 0.2) is 102 Å². The molecule has 40 heavy (non-hydrogen) atoms. The topological polar surface area (TPSA) is 63.5 Å². The van der Waals surface area contributed by atoms with Crippen molar-refractivity contribution in [1.82, 2.24) is 4.57 Å². The summed E-state index contributed by atoms with van der Waals surface area (Å²) in [5.41, 5.74) is 6.96. The van der Waals surface area contributed by atoms with Gasteiger partial charge in [0.1, 0.15) is 11.9 Å². The Morgan fingerprint density at radius 1 is 0.875 bits per heavy atom. The van der Waals surface area contributed by atoms with E-state index in [0.29, 0.717) is 33.5 Å². The molecular weight excluding hydrogens is 518 g/mol. The number of aliphatic hydroxyl groups is 1. The molecule has 2 unspecified atom stereocenters. The van der Waals surface area contributed by atoms with Crippen molar-refractivity contribution < 1.29 is 22.7 Å². The Bertz CT molecular complexity index is 1730. The molecule has 3 N–H and O–H groups in total. The van der Waals surface area contributed by atoms with Crippen molar-refractivity contribution in [3.63, 3.8) is 0 Å². The molecule has 6 rings (SSSR count). The zero-order chi connectivity index (χ0) is 28.1. The minimum atomic E-state index is -5.00. The van der Waals surface area contributed by atoms with Gasteiger partial charge >= 0.3 is 6.18 Å². The van der Waals surface area contributed by atoms with Crippen LogP contribution in [0.1, 0.15) is 33.9 Å². The molecule has 5 aromatic rings. The van der Waals surface area contributed by atoms with E-state index in [1.165, 1.54) is 35.0 Å². The summed E-state index contributed by atoms with van der Waals surface area (Å²) in [6, 6.07) is 25.8. The van der Waals surface area contributed by atoms with Gasteiger partial charge in [0.15, 0.2) is 0 Å². The zero-order valence-electron chi connectivity index (χ0n) is 21.2. The third-order valence-electron chi connectivity index (χ3n) is 7.59. The molecule has 0 radical (unpaired) electrons. The zero-order valence-corrected chi connectivity index (χ0v) is 21.2. The van der Waals surface area contributed by atoms with E-state index in [-0.39, 0.29) is 17.9 Å². The van der Waals surface area contributed by atoms with Gasteiger partial charge in [-0.15, -0.1) is 0 Å². The lowest BCUT2D eigenvalue weighted by atomic mass is 9.88. The van der Waals surface area contributed by atoms with Crippen LogP contribution in [0.4, 0.5) is 17.6 Å². The quantitative estimate of drug-likeness (QED) is 0.230. The average molecular weight is 544 g/mol. The Hall–Kier alpha value is -4.27. The van der Waals surface area contributed by atoms with Gasteiger partial charge in [0, 0.05) is 23.7 Å². The highest BCUT2D eigenvalue weighted by Gasteiger charge is 2.56. The number of nitrogens with two attached hydrogens (primary N) is 1. The van der Waals surface area contributed by atoms with Gasteiger partial charge in [-0.25, -0.2) is 4.39 Å². The molecule has 4 nitrogen and oxygen atoms in total. The number of aliphatic imine (C=N–C) groups is 1. The van der Waals surface area contributed by atoms with Crippen LogP contribution < -0.4 is 5.73 Å². The van der Waals surface area contributed by atoms with Crippen LogP contribution in [0.5, 0.6) is 0 Å². The molecule has 0 saturated carbocycles. The standard InChI is InChI=1S/C32H25F4N3O/c33-24-13-10-20(11-14-24)29-25-15-12-23(16-22(25)18-38-29)31(40,32(34,35)36)19-39-28-9-5-4-8-26(28)27(17-37)30(39)21-6-2-1-3-7-21/h1-16,18,29,40H,17,19,37H2. The first-order chi connectivity index (χ1) is 19.2. The van der Waals surface area contributed by atoms with Crippen molar-refractivity contribution in [2.24, 2.45) is 10.7 Å². The number of halogens is 4. The van der Waals surface area contributed by atoms with E-state index in [2.05, 4.69) is 4.99 Å². The van der Waals surface area contributed by atoms with Crippen molar-refractivity contribution in [2.75, 3.05) is 0 Å². The van der Waals surface area contributed by atoms with Gasteiger partial charge in [-0.2, -0.15) is 13.2 Å². The second kappa shape index (κ2) is 9.73. The van der Waals surface area contributed by atoms with Crippen molar-refractivity contribution in [1.29, 1.82) is 0 Å². The van der Waals surface area contributed by atoms with Crippen LogP contribution in [-0.2, 0) is 18.7 Å². The molecule has 2 atom stereocenters. The summed E-state index contributed by atoms with van der Waals surface area (Å²) >= 11 is 0. The number of fused-ring (bicyclic) bond motifs is 2. The van der Waals surface area contributed by atoms with E-state index in [1.54, 1.807) is 30.3 Å². The lowest BCUT2D eigenvalue weighted by Gasteiger charge is -2.33. The van der Waals surface area contributed by atoms with Crippen LogP contribution >= 0.6 is 0 Å². The lowest BCUT2D eigenvalue weighted by molar-refractivity contribution is -0.271. The van der Waals surface area contributed by atoms with Gasteiger partial charge in [0.05, 0.1) is 12.2 Å². The van der Waals surface area contributed by atoms with Gasteiger partial charge in [0.25, 0.3) is 0 Å². The Labute approximate surface area is 228 Å². The lowest BCUT2D eigenvalue weighted by Crippen LogP contribution is -2.46. The first-order valence-electron chi connectivity index (χ1n) is 12.8. The first-order valence-corrected chi connectivity index (χ1v) is 12.8. The maximum atomic E-state index is 14.9. The summed E-state index contributed by atoms with van der Waals surface area (Å²) in [6.07, 6.45) is -3.51. The number of benzene rings is 4. The van der Waals surface area contributed by atoms with E-state index < -0.39 is 24.4 Å². The van der Waals surface area contributed by atoms with Crippen LogP contribution in [0.25, 0.3) is 22.2 Å². The van der Waals surface area contributed by atoms with Crippen LogP contribution in [-0.4, -0.2) is 22.1 Å². The smallest absolute Gasteiger partial charge is 0.375 e. The van der Waals surface area contributed by atoms with Crippen LogP contribution in [0.2, 0.25) is 0 Å². The number of alkyl halides is 3. The van der Waals surface area contributed by atoms with Crippen molar-refractivity contribution in [3.05, 3.63) is 131 Å². The van der Waals surface area contributed by atoms with E-state index in [1.807, 2.05) is 42.5 Å². The summed E-state index contributed by atoms with van der Waals surface area (Å²) < 4.78 is 59.6. The Morgan fingerprint density at radius 3 is 2.27 bits per heavy atom. The molecular formula is C32H25F4N3O. The summed E-state index contributed by atoms with van der Waals surface area (Å²) in [4.78, 5) is 4.45. The number of nitrogens with zero attached hydrogens (tertiary/aromatic N) is 2. The Morgan fingerprint density at radius 2 is 1.57 bits per heavy atom. The number of aromatic nitrogens is 1. The average Bonchev–Trinajstić information content (AvgIpc) is 3.52. The monoisotopic (exact) mass is 543 g/mol. The fourth-order valence-electron chi connectivity index (χ4n) is 5.58. The molecule has 4 aromatic carbocycles. The minimum absolute atomic E-state index is 0.113. The highest BCUT2D eigenvalue weighted by Crippen LogP contribution is 2.45. The predicted octanol–water partition coefficient (Wildman–Crippen LogP) is 6.88. The number of rotatable bonds is 6. The SMILES string of the molecule is NCc1c(-c2ccccc2)n(CC(O)(c2ccc3c(c2)C=NC3c2ccc(F)cc2)C(F)(F)F)c2ccccc12. The summed E-state index contributed by atoms with van der Waals surface area (Å²) in [6.45, 7) is -0.666. The maximum Gasteiger partial charge on any atom is 0.423 e. The normalized spacial score (nSPS) is 16.3. The van der Waals surface area contributed by atoms with E-state index >= 15 is 0 Å². The molecule has 1 aromatic heterocycles. The fraction of sp³-hybridized carbons (Fsp3) is 0.156. The van der Waals surface area contributed by atoms with Crippen molar-refractivity contribution in [3.8, 4) is 11.3 Å². The second-order valence-corrected chi connectivity index (χ2v) is 9.93. The highest BCUT2D eigenvalue weighted by molar-refractivity contribution is 5.92. The van der Waals surface area contributed by atoms with Gasteiger partial charge in [-0.1, -0.05) is 72.8 Å². The predicted molar refractivity (Wildman–Crippen MR) is 147 cm³/mol. The summed E-state index contributed by atoms with van der Waals surface area (Å²) in [7, 11) is 0. The molecule has 0 fully saturated rings. The minimum Gasteiger partial charge on any atom is -0.375 e. The van der Waals surface area contributed by atoms with Gasteiger partial charge in [0.2, 0.25) is 5.60 Å². The molecule has 0 saturated heterocycles. The molecule has 0 spiro atoms. The van der Waals surface area contributed by atoms with Gasteiger partial charge in [-0.3, -0.25) is 4.99 Å². The Balaban J connectivity index is 1.49. The van der Waals surface area contributed by atoms with Gasteiger partial charge in [-0.05, 0) is 57.6 Å². The third-order valence-corrected chi connectivity index (χ3v) is 7.59. The molecule has 2 heterocycles. The first kappa shape index (κ1) is 26.0. The molecule has 0 amide bonds. The van der Waals surface area contributed by atoms with Crippen molar-refractivity contribution in [2.45, 2.75) is 30.9 Å². The Kier molecular flexibility index (Phi) is 6.32. The second-order valence-electron chi connectivity index (χ2n) is 9.93. The molecule has 202 valence electrons. The molecule has 0 bridgehead atoms.